The molecule has 3 amide bonds. The third-order valence-electron chi connectivity index (χ3n) is 7.70. The van der Waals surface area contributed by atoms with Crippen LogP contribution in [0.1, 0.15) is 46.1 Å². The normalized spacial score (nSPS) is 18.0. The Morgan fingerprint density at radius 1 is 1.05 bits per heavy atom. The number of carbonyl (C=O) groups excluding carboxylic acids is 2. The van der Waals surface area contributed by atoms with Gasteiger partial charge in [0.2, 0.25) is 5.91 Å². The zero-order chi connectivity index (χ0) is 30.2. The van der Waals surface area contributed by atoms with Crippen molar-refractivity contribution in [1.82, 2.24) is 14.7 Å². The van der Waals surface area contributed by atoms with E-state index in [4.69, 9.17) is 16.2 Å². The number of fused-ring (bicyclic) bond motifs is 1. The lowest BCUT2D eigenvalue weighted by Crippen LogP contribution is -2.50. The number of likely N-dealkylation sites (N-methyl/N-ethyl adjacent to an activating group) is 2. The SMILES string of the molecule is CCN1CC(=C/C=C/C=C2/N(CCCN(CCCS(=O)(=O)O)C(=O)CCl)c3ccccc3C2(C)C)CN(CC)C1=O. The highest BCUT2D eigenvalue weighted by atomic mass is 35.5. The maximum absolute atomic E-state index is 12.5. The second-order valence-electron chi connectivity index (χ2n) is 10.9. The number of hydrogen-bond donors (Lipinski definition) is 1. The number of amides is 3. The van der Waals surface area contributed by atoms with E-state index in [0.717, 1.165) is 11.4 Å². The Balaban J connectivity index is 1.76. The van der Waals surface area contributed by atoms with Crippen LogP contribution in [0.25, 0.3) is 0 Å². The Morgan fingerprint density at radius 3 is 2.27 bits per heavy atom. The second-order valence-corrected chi connectivity index (χ2v) is 12.7. The molecule has 0 unspecified atom stereocenters. The van der Waals surface area contributed by atoms with Crippen LogP contribution in [0.5, 0.6) is 0 Å². The summed E-state index contributed by atoms with van der Waals surface area (Å²) >= 11 is 5.80. The van der Waals surface area contributed by atoms with Crippen LogP contribution in [-0.2, 0) is 20.3 Å². The van der Waals surface area contributed by atoms with Crippen LogP contribution in [0, 0.1) is 0 Å². The molecule has 2 heterocycles. The smallest absolute Gasteiger partial charge is 0.320 e. The molecule has 11 heteroatoms. The summed E-state index contributed by atoms with van der Waals surface area (Å²) in [6.07, 6.45) is 9.10. The van der Waals surface area contributed by atoms with Crippen molar-refractivity contribution in [2.75, 3.05) is 62.3 Å². The minimum absolute atomic E-state index is 0.0871. The fraction of sp³-hybridized carbons (Fsp3) is 0.533. The van der Waals surface area contributed by atoms with E-state index >= 15 is 0 Å². The zero-order valence-electron chi connectivity index (χ0n) is 24.6. The zero-order valence-corrected chi connectivity index (χ0v) is 26.1. The number of carbonyl (C=O) groups is 2. The van der Waals surface area contributed by atoms with Crippen LogP contribution in [-0.4, -0.2) is 97.1 Å². The van der Waals surface area contributed by atoms with Crippen LogP contribution in [0.3, 0.4) is 0 Å². The van der Waals surface area contributed by atoms with Crippen molar-refractivity contribution in [3.8, 4) is 0 Å². The summed E-state index contributed by atoms with van der Waals surface area (Å²) in [4.78, 5) is 32.4. The van der Waals surface area contributed by atoms with Gasteiger partial charge in [-0.15, -0.1) is 11.6 Å². The average molecular weight is 607 g/mol. The van der Waals surface area contributed by atoms with Gasteiger partial charge in [0.1, 0.15) is 5.88 Å². The first-order valence-corrected chi connectivity index (χ1v) is 16.3. The summed E-state index contributed by atoms with van der Waals surface area (Å²) in [6.45, 7) is 12.3. The van der Waals surface area contributed by atoms with Gasteiger partial charge in [0.25, 0.3) is 10.1 Å². The number of nitrogens with zero attached hydrogens (tertiary/aromatic N) is 4. The number of urea groups is 1. The van der Waals surface area contributed by atoms with Gasteiger partial charge < -0.3 is 19.6 Å². The topological polar surface area (TPSA) is 101 Å². The van der Waals surface area contributed by atoms with Gasteiger partial charge in [0, 0.05) is 62.6 Å². The first-order valence-electron chi connectivity index (χ1n) is 14.2. The summed E-state index contributed by atoms with van der Waals surface area (Å²) in [7, 11) is -4.09. The molecule has 0 radical (unpaired) electrons. The molecule has 41 heavy (non-hydrogen) atoms. The van der Waals surface area contributed by atoms with E-state index in [1.54, 1.807) is 4.90 Å². The van der Waals surface area contributed by atoms with Crippen LogP contribution in [0.15, 0.2) is 59.8 Å². The van der Waals surface area contributed by atoms with E-state index in [0.29, 0.717) is 45.7 Å². The molecule has 1 fully saturated rings. The third-order valence-corrected chi connectivity index (χ3v) is 8.73. The predicted molar refractivity (Wildman–Crippen MR) is 165 cm³/mol. The highest BCUT2D eigenvalue weighted by Crippen LogP contribution is 2.47. The number of anilines is 1. The summed E-state index contributed by atoms with van der Waals surface area (Å²) < 4.78 is 31.3. The van der Waals surface area contributed by atoms with E-state index < -0.39 is 15.9 Å². The summed E-state index contributed by atoms with van der Waals surface area (Å²) in [5.41, 5.74) is 4.44. The lowest BCUT2D eigenvalue weighted by Gasteiger charge is -2.36. The van der Waals surface area contributed by atoms with Crippen LogP contribution in [0.2, 0.25) is 0 Å². The third kappa shape index (κ3) is 8.36. The van der Waals surface area contributed by atoms with Crippen LogP contribution >= 0.6 is 11.6 Å². The van der Waals surface area contributed by atoms with Crippen molar-refractivity contribution in [3.63, 3.8) is 0 Å². The molecule has 0 aromatic heterocycles. The number of alkyl halides is 1. The van der Waals surface area contributed by atoms with Gasteiger partial charge in [0.15, 0.2) is 0 Å². The average Bonchev–Trinajstić information content (AvgIpc) is 3.15. The highest BCUT2D eigenvalue weighted by molar-refractivity contribution is 7.85. The van der Waals surface area contributed by atoms with Gasteiger partial charge in [-0.3, -0.25) is 9.35 Å². The Labute approximate surface area is 249 Å². The van der Waals surface area contributed by atoms with E-state index in [-0.39, 0.29) is 36.2 Å². The fourth-order valence-corrected chi connectivity index (χ4v) is 6.16. The maximum atomic E-state index is 12.5. The number of allylic oxidation sites excluding steroid dienone is 5. The quantitative estimate of drug-likeness (QED) is 0.259. The molecule has 0 atom stereocenters. The van der Waals surface area contributed by atoms with E-state index in [9.17, 15) is 18.0 Å². The standard InChI is InChI=1S/C30H43ClN4O5S/c1-5-32-22-24(23-33(6-2)29(32)37)13-7-10-16-27-30(3,4)25-14-8-9-15-26(25)35(27)19-11-17-34(28(36)21-31)18-12-20-41(38,39)40/h7-10,13-16H,5-6,11-12,17-23H2,1-4H3,(H,38,39,40)/b10-7+,27-16+. The Morgan fingerprint density at radius 2 is 1.66 bits per heavy atom. The molecule has 9 nitrogen and oxygen atoms in total. The van der Waals surface area contributed by atoms with Crippen molar-refractivity contribution in [2.45, 2.75) is 46.0 Å². The first-order chi connectivity index (χ1) is 19.4. The molecule has 2 aliphatic heterocycles. The number of hydrogen-bond acceptors (Lipinski definition) is 5. The lowest BCUT2D eigenvalue weighted by atomic mass is 9.84. The molecule has 2 aliphatic rings. The number of benzene rings is 1. The lowest BCUT2D eigenvalue weighted by molar-refractivity contribution is -0.128. The van der Waals surface area contributed by atoms with E-state index in [2.05, 4.69) is 43.0 Å². The van der Waals surface area contributed by atoms with Crippen molar-refractivity contribution in [1.29, 1.82) is 0 Å². The largest absolute Gasteiger partial charge is 0.344 e. The van der Waals surface area contributed by atoms with Gasteiger partial charge in [0.05, 0.1) is 5.75 Å². The minimum Gasteiger partial charge on any atom is -0.344 e. The monoisotopic (exact) mass is 606 g/mol. The molecule has 0 aliphatic carbocycles. The van der Waals surface area contributed by atoms with Crippen LogP contribution in [0.4, 0.5) is 10.5 Å². The molecule has 1 aromatic rings. The number of halogens is 1. The summed E-state index contributed by atoms with van der Waals surface area (Å²) in [5, 5.41) is 0. The second kappa shape index (κ2) is 14.4. The van der Waals surface area contributed by atoms with Crippen molar-refractivity contribution in [2.24, 2.45) is 0 Å². The summed E-state index contributed by atoms with van der Waals surface area (Å²) in [5.74, 6) is -0.841. The van der Waals surface area contributed by atoms with E-state index in [1.165, 1.54) is 11.1 Å². The first kappa shape index (κ1) is 32.7. The van der Waals surface area contributed by atoms with Crippen molar-refractivity contribution < 1.29 is 22.6 Å². The predicted octanol–water partition coefficient (Wildman–Crippen LogP) is 4.66. The molecule has 0 bridgehead atoms. The van der Waals surface area contributed by atoms with Gasteiger partial charge >= 0.3 is 6.03 Å². The van der Waals surface area contributed by atoms with E-state index in [1.807, 2.05) is 47.9 Å². The Hall–Kier alpha value is -2.82. The molecule has 0 saturated carbocycles. The van der Waals surface area contributed by atoms with Gasteiger partial charge in [-0.1, -0.05) is 50.3 Å². The summed E-state index contributed by atoms with van der Waals surface area (Å²) in [6, 6.07) is 8.40. The van der Waals surface area contributed by atoms with Crippen molar-refractivity contribution in [3.05, 3.63) is 65.4 Å². The molecule has 0 spiro atoms. The maximum Gasteiger partial charge on any atom is 0.320 e. The van der Waals surface area contributed by atoms with Gasteiger partial charge in [-0.05, 0) is 50.0 Å². The molecule has 3 rings (SSSR count). The Bertz CT molecular complexity index is 1270. The van der Waals surface area contributed by atoms with Gasteiger partial charge in [-0.2, -0.15) is 8.42 Å². The van der Waals surface area contributed by atoms with Gasteiger partial charge in [-0.25, -0.2) is 4.79 Å². The highest BCUT2D eigenvalue weighted by Gasteiger charge is 2.39. The Kier molecular flexibility index (Phi) is 11.5. The molecule has 226 valence electrons. The number of rotatable bonds is 13. The fourth-order valence-electron chi connectivity index (χ4n) is 5.50. The molecule has 1 N–H and O–H groups in total. The molecular formula is C30H43ClN4O5S. The molecular weight excluding hydrogens is 564 g/mol. The van der Waals surface area contributed by atoms with Crippen molar-refractivity contribution >= 4 is 39.3 Å². The molecule has 1 saturated heterocycles. The minimum atomic E-state index is -4.09. The number of para-hydroxylation sites is 1. The molecule has 1 aromatic carbocycles. The van der Waals surface area contributed by atoms with Crippen LogP contribution < -0.4 is 4.90 Å².